The summed E-state index contributed by atoms with van der Waals surface area (Å²) in [6, 6.07) is 5.01. The van der Waals surface area contributed by atoms with E-state index in [1.807, 2.05) is 0 Å². The molecule has 4 nitrogen and oxygen atoms in total. The number of hydrogen-bond acceptors (Lipinski definition) is 3. The van der Waals surface area contributed by atoms with Crippen molar-refractivity contribution in [3.05, 3.63) is 28.8 Å². The van der Waals surface area contributed by atoms with Crippen LogP contribution in [0.15, 0.2) is 18.2 Å². The first-order valence-electron chi connectivity index (χ1n) is 5.54. The molecule has 1 amide bonds. The van der Waals surface area contributed by atoms with Crippen LogP contribution in [0, 0.1) is 0 Å². The van der Waals surface area contributed by atoms with Crippen LogP contribution < -0.4 is 5.32 Å². The van der Waals surface area contributed by atoms with Crippen molar-refractivity contribution >= 4 is 29.7 Å². The maximum absolute atomic E-state index is 11.5. The average Bonchev–Trinajstić information content (AvgIpc) is 2.20. The van der Waals surface area contributed by atoms with Gasteiger partial charge in [-0.2, -0.15) is 0 Å². The highest BCUT2D eigenvalue weighted by molar-refractivity contribution is 6.33. The molecule has 0 aliphatic heterocycles. The Morgan fingerprint density at radius 2 is 2.11 bits per heavy atom. The van der Waals surface area contributed by atoms with Crippen LogP contribution in [0.25, 0.3) is 0 Å². The summed E-state index contributed by atoms with van der Waals surface area (Å²) in [7, 11) is 0. The molecule has 0 unspecified atom stereocenters. The highest BCUT2D eigenvalue weighted by Crippen LogP contribution is 2.23. The monoisotopic (exact) mass is 269 g/mol. The van der Waals surface area contributed by atoms with E-state index in [9.17, 15) is 9.59 Å². The topological polar surface area (TPSA) is 55.4 Å². The van der Waals surface area contributed by atoms with Crippen LogP contribution in [0.3, 0.4) is 0 Å². The molecule has 0 heterocycles. The van der Waals surface area contributed by atoms with Crippen LogP contribution in [0.2, 0.25) is 5.02 Å². The predicted octanol–water partition coefficient (Wildman–Crippen LogP) is 3.43. The second-order valence-electron chi connectivity index (χ2n) is 4.81. The van der Waals surface area contributed by atoms with Crippen LogP contribution in [-0.2, 0) is 16.0 Å². The largest absolute Gasteiger partial charge is 0.444 e. The number of nitrogens with one attached hydrogen (secondary N) is 1. The number of rotatable bonds is 3. The fourth-order valence-corrected chi connectivity index (χ4v) is 1.55. The summed E-state index contributed by atoms with van der Waals surface area (Å²) in [5.41, 5.74) is 0.693. The maximum Gasteiger partial charge on any atom is 0.412 e. The zero-order chi connectivity index (χ0) is 13.8. The van der Waals surface area contributed by atoms with E-state index < -0.39 is 11.7 Å². The number of carbonyl (C=O) groups excluding carboxylic acids is 2. The summed E-state index contributed by atoms with van der Waals surface area (Å²) in [5, 5.41) is 2.93. The minimum Gasteiger partial charge on any atom is -0.444 e. The molecule has 1 aromatic rings. The second-order valence-corrected chi connectivity index (χ2v) is 5.22. The van der Waals surface area contributed by atoms with Crippen molar-refractivity contribution < 1.29 is 14.3 Å². The number of aldehydes is 1. The Bertz CT molecular complexity index is 452. The SMILES string of the molecule is CC(C)(C)OC(=O)Nc1ccc(CC=O)cc1Cl. The molecule has 0 bridgehead atoms. The van der Waals surface area contributed by atoms with Gasteiger partial charge in [-0.3, -0.25) is 5.32 Å². The van der Waals surface area contributed by atoms with Gasteiger partial charge in [0, 0.05) is 6.42 Å². The van der Waals surface area contributed by atoms with Crippen molar-refractivity contribution in [3.8, 4) is 0 Å². The van der Waals surface area contributed by atoms with Crippen LogP contribution in [0.5, 0.6) is 0 Å². The lowest BCUT2D eigenvalue weighted by Crippen LogP contribution is -2.27. The summed E-state index contributed by atoms with van der Waals surface area (Å²) in [6.07, 6.45) is 0.534. The van der Waals surface area contributed by atoms with Gasteiger partial charge in [-0.25, -0.2) is 4.79 Å². The van der Waals surface area contributed by atoms with Gasteiger partial charge >= 0.3 is 6.09 Å². The standard InChI is InChI=1S/C13H16ClNO3/c1-13(2,3)18-12(17)15-11-5-4-9(6-7-16)8-10(11)14/h4-5,7-8H,6H2,1-3H3,(H,15,17). The molecule has 98 valence electrons. The molecule has 0 aromatic heterocycles. The molecular formula is C13H16ClNO3. The fourth-order valence-electron chi connectivity index (χ4n) is 1.30. The van der Waals surface area contributed by atoms with Gasteiger partial charge in [0.1, 0.15) is 11.9 Å². The summed E-state index contributed by atoms with van der Waals surface area (Å²) in [6.45, 7) is 5.34. The first-order valence-corrected chi connectivity index (χ1v) is 5.91. The molecule has 0 radical (unpaired) electrons. The van der Waals surface area contributed by atoms with E-state index in [0.717, 1.165) is 11.8 Å². The molecule has 0 fully saturated rings. The zero-order valence-electron chi connectivity index (χ0n) is 10.6. The van der Waals surface area contributed by atoms with E-state index in [0.29, 0.717) is 17.1 Å². The fraction of sp³-hybridized carbons (Fsp3) is 0.385. The zero-order valence-corrected chi connectivity index (χ0v) is 11.4. The number of benzene rings is 1. The average molecular weight is 270 g/mol. The van der Waals surface area contributed by atoms with Crippen molar-refractivity contribution in [3.63, 3.8) is 0 Å². The van der Waals surface area contributed by atoms with Gasteiger partial charge in [-0.05, 0) is 38.5 Å². The van der Waals surface area contributed by atoms with Gasteiger partial charge < -0.3 is 9.53 Å². The Hall–Kier alpha value is -1.55. The first-order chi connectivity index (χ1) is 8.31. The van der Waals surface area contributed by atoms with Gasteiger partial charge in [-0.1, -0.05) is 17.7 Å². The minimum absolute atomic E-state index is 0.298. The molecule has 5 heteroatoms. The summed E-state index contributed by atoms with van der Waals surface area (Å²) in [5.74, 6) is 0. The van der Waals surface area contributed by atoms with Crippen molar-refractivity contribution in [2.24, 2.45) is 0 Å². The van der Waals surface area contributed by atoms with Crippen molar-refractivity contribution in [2.45, 2.75) is 32.8 Å². The predicted molar refractivity (Wildman–Crippen MR) is 71.1 cm³/mol. The van der Waals surface area contributed by atoms with E-state index in [-0.39, 0.29) is 0 Å². The highest BCUT2D eigenvalue weighted by Gasteiger charge is 2.16. The van der Waals surface area contributed by atoms with Gasteiger partial charge in [-0.15, -0.1) is 0 Å². The van der Waals surface area contributed by atoms with E-state index in [1.165, 1.54) is 0 Å². The Morgan fingerprint density at radius 3 is 2.61 bits per heavy atom. The summed E-state index contributed by atoms with van der Waals surface area (Å²) in [4.78, 5) is 21.9. The number of ether oxygens (including phenoxy) is 1. The Labute approximate surface area is 111 Å². The Kier molecular flexibility index (Phi) is 4.73. The Balaban J connectivity index is 2.73. The molecule has 0 aliphatic rings. The number of hydrogen-bond donors (Lipinski definition) is 1. The second kappa shape index (κ2) is 5.87. The number of anilines is 1. The third-order valence-electron chi connectivity index (χ3n) is 1.99. The molecule has 0 saturated heterocycles. The van der Waals surface area contributed by atoms with Gasteiger partial charge in [0.2, 0.25) is 0 Å². The molecule has 1 N–H and O–H groups in total. The van der Waals surface area contributed by atoms with Crippen molar-refractivity contribution in [1.82, 2.24) is 0 Å². The van der Waals surface area contributed by atoms with Gasteiger partial charge in [0.05, 0.1) is 10.7 Å². The lowest BCUT2D eigenvalue weighted by atomic mass is 10.1. The highest BCUT2D eigenvalue weighted by atomic mass is 35.5. The normalized spacial score (nSPS) is 10.9. The minimum atomic E-state index is -0.562. The van der Waals surface area contributed by atoms with E-state index in [4.69, 9.17) is 16.3 Å². The maximum atomic E-state index is 11.5. The number of carbonyl (C=O) groups is 2. The quantitative estimate of drug-likeness (QED) is 0.856. The first kappa shape index (κ1) is 14.5. The molecule has 0 atom stereocenters. The summed E-state index contributed by atoms with van der Waals surface area (Å²) >= 11 is 5.99. The van der Waals surface area contributed by atoms with Crippen LogP contribution in [0.4, 0.5) is 10.5 Å². The Morgan fingerprint density at radius 1 is 1.44 bits per heavy atom. The molecular weight excluding hydrogens is 254 g/mol. The van der Waals surface area contributed by atoms with E-state index >= 15 is 0 Å². The van der Waals surface area contributed by atoms with E-state index in [1.54, 1.807) is 39.0 Å². The lowest BCUT2D eigenvalue weighted by Gasteiger charge is -2.20. The summed E-state index contributed by atoms with van der Waals surface area (Å²) < 4.78 is 5.11. The smallest absolute Gasteiger partial charge is 0.412 e. The molecule has 0 spiro atoms. The molecule has 0 aliphatic carbocycles. The third-order valence-corrected chi connectivity index (χ3v) is 2.30. The van der Waals surface area contributed by atoms with Crippen LogP contribution >= 0.6 is 11.6 Å². The van der Waals surface area contributed by atoms with Gasteiger partial charge in [0.25, 0.3) is 0 Å². The van der Waals surface area contributed by atoms with Gasteiger partial charge in [0.15, 0.2) is 0 Å². The molecule has 0 saturated carbocycles. The third kappa shape index (κ3) is 4.75. The number of amides is 1. The van der Waals surface area contributed by atoms with Crippen LogP contribution in [0.1, 0.15) is 26.3 Å². The number of halogens is 1. The molecule has 1 rings (SSSR count). The van der Waals surface area contributed by atoms with Crippen molar-refractivity contribution in [1.29, 1.82) is 0 Å². The molecule has 1 aromatic carbocycles. The lowest BCUT2D eigenvalue weighted by molar-refractivity contribution is -0.107. The van der Waals surface area contributed by atoms with Crippen molar-refractivity contribution in [2.75, 3.05) is 5.32 Å². The van der Waals surface area contributed by atoms with E-state index in [2.05, 4.69) is 5.32 Å². The molecule has 18 heavy (non-hydrogen) atoms. The van der Waals surface area contributed by atoms with Crippen LogP contribution in [-0.4, -0.2) is 18.0 Å².